The number of thiol groups is 1. The van der Waals surface area contributed by atoms with Crippen molar-refractivity contribution >= 4 is 82.6 Å². The van der Waals surface area contributed by atoms with Crippen LogP contribution in [0.1, 0.15) is 25.0 Å². The summed E-state index contributed by atoms with van der Waals surface area (Å²) in [6.45, 7) is 4.08. The van der Waals surface area contributed by atoms with Gasteiger partial charge in [0.2, 0.25) is 0 Å². The van der Waals surface area contributed by atoms with Crippen LogP contribution in [0.4, 0.5) is 0 Å². The van der Waals surface area contributed by atoms with Crippen molar-refractivity contribution in [1.82, 2.24) is 19.3 Å². The molecule has 4 rings (SSSR count). The summed E-state index contributed by atoms with van der Waals surface area (Å²) in [4.78, 5) is 0. The fourth-order valence-corrected chi connectivity index (χ4v) is 3.91. The molecule has 0 fully saturated rings. The number of nitrogens with zero attached hydrogens (tertiary/aromatic N) is 4. The quantitative estimate of drug-likeness (QED) is 0.336. The topological polar surface area (TPSA) is 76.1 Å². The number of phenolic OH excluding ortho intramolecular Hbond substituents is 2. The third-order valence-electron chi connectivity index (χ3n) is 5.16. The Morgan fingerprint density at radius 1 is 0.933 bits per heavy atom. The normalized spacial score (nSPS) is 10.7. The fraction of sp³-hybridized carbons (Fsp3) is 0.238. The number of rotatable bonds is 4. The van der Waals surface area contributed by atoms with Crippen molar-refractivity contribution in [2.45, 2.75) is 31.8 Å². The van der Waals surface area contributed by atoms with E-state index in [4.69, 9.17) is 0 Å². The zero-order valence-corrected chi connectivity index (χ0v) is 16.9. The predicted molar refractivity (Wildman–Crippen MR) is 127 cm³/mol. The van der Waals surface area contributed by atoms with E-state index < -0.39 is 0 Å². The molecule has 2 heterocycles. The molecule has 9 heteroatoms. The van der Waals surface area contributed by atoms with Crippen LogP contribution in [0.5, 0.6) is 11.5 Å². The van der Waals surface area contributed by atoms with Crippen LogP contribution >= 0.6 is 12.6 Å². The Bertz CT molecular complexity index is 1200. The minimum absolute atomic E-state index is 0. The van der Waals surface area contributed by atoms with Gasteiger partial charge in [-0.1, -0.05) is 13.8 Å². The summed E-state index contributed by atoms with van der Waals surface area (Å²) in [6.07, 6.45) is 3.71. The first-order chi connectivity index (χ1) is 13.4. The van der Waals surface area contributed by atoms with Crippen LogP contribution in [0.3, 0.4) is 0 Å². The van der Waals surface area contributed by atoms with E-state index in [1.165, 1.54) is 17.0 Å². The van der Waals surface area contributed by atoms with Crippen LogP contribution in [0.25, 0.3) is 28.0 Å². The monoisotopic (exact) mass is 442 g/mol. The number of aromatic nitrogens is 4. The van der Waals surface area contributed by atoms with Crippen LogP contribution in [-0.4, -0.2) is 88.7 Å². The van der Waals surface area contributed by atoms with Gasteiger partial charge in [-0.05, 0) is 48.2 Å². The number of aromatic hydroxyl groups is 2. The summed E-state index contributed by atoms with van der Waals surface area (Å²) >= 11 is 4.49. The summed E-state index contributed by atoms with van der Waals surface area (Å²) in [7, 11) is 2.04. The molecule has 0 aliphatic rings. The minimum atomic E-state index is -0.0493. The molecule has 0 atom stereocenters. The molecule has 0 bridgehead atoms. The summed E-state index contributed by atoms with van der Waals surface area (Å²) < 4.78 is 3.92. The predicted octanol–water partition coefficient (Wildman–Crippen LogP) is 2.95. The van der Waals surface area contributed by atoms with Crippen molar-refractivity contribution in [2.24, 2.45) is 7.05 Å². The van der Waals surface area contributed by atoms with Gasteiger partial charge < -0.3 is 14.8 Å². The molecule has 0 saturated heterocycles. The van der Waals surface area contributed by atoms with Gasteiger partial charge in [0.25, 0.3) is 0 Å². The van der Waals surface area contributed by atoms with Crippen molar-refractivity contribution < 1.29 is 10.2 Å². The van der Waals surface area contributed by atoms with Crippen molar-refractivity contribution in [2.75, 3.05) is 0 Å². The van der Waals surface area contributed by atoms with Gasteiger partial charge >= 0.3 is 59.1 Å². The fourth-order valence-electron chi connectivity index (χ4n) is 3.66. The van der Waals surface area contributed by atoms with Gasteiger partial charge in [-0.3, -0.25) is 4.57 Å². The second kappa shape index (κ2) is 10.1. The maximum absolute atomic E-state index is 10.4. The molecule has 30 heavy (non-hydrogen) atoms. The van der Waals surface area contributed by atoms with Crippen molar-refractivity contribution in [3.05, 3.63) is 47.7 Å². The Hall–Kier alpha value is -0.930. The van der Waals surface area contributed by atoms with E-state index in [1.807, 2.05) is 20.0 Å². The van der Waals surface area contributed by atoms with Gasteiger partial charge in [0.1, 0.15) is 11.5 Å². The van der Waals surface area contributed by atoms with Gasteiger partial charge in [-0.2, -0.15) is 0 Å². The van der Waals surface area contributed by atoms with Gasteiger partial charge in [-0.25, -0.2) is 0 Å². The first-order valence-corrected chi connectivity index (χ1v) is 9.67. The summed E-state index contributed by atoms with van der Waals surface area (Å²) in [5.74, 6) is 0.497. The number of aryl methyl sites for hydroxylation is 3. The number of fused-ring (bicyclic) bond motifs is 1. The summed E-state index contributed by atoms with van der Waals surface area (Å²) in [6, 6.07) is 9.25. The van der Waals surface area contributed by atoms with Gasteiger partial charge in [0.15, 0.2) is 11.0 Å². The molecule has 0 saturated carbocycles. The van der Waals surface area contributed by atoms with Crippen LogP contribution in [0.15, 0.2) is 41.7 Å². The second-order valence-electron chi connectivity index (χ2n) is 6.83. The molecule has 6 nitrogen and oxygen atoms in total. The third kappa shape index (κ3) is 4.35. The Morgan fingerprint density at radius 2 is 1.63 bits per heavy atom. The van der Waals surface area contributed by atoms with Crippen molar-refractivity contribution in [3.63, 3.8) is 0 Å². The summed E-state index contributed by atoms with van der Waals surface area (Å²) in [5.41, 5.74) is 4.51. The van der Waals surface area contributed by atoms with Gasteiger partial charge in [0, 0.05) is 30.2 Å². The third-order valence-corrected chi connectivity index (χ3v) is 5.45. The molecule has 4 aromatic rings. The van der Waals surface area contributed by atoms with Crippen LogP contribution < -0.4 is 0 Å². The molecule has 0 amide bonds. The van der Waals surface area contributed by atoms with Crippen molar-refractivity contribution in [1.29, 1.82) is 0 Å². The van der Waals surface area contributed by atoms with E-state index in [9.17, 15) is 10.2 Å². The van der Waals surface area contributed by atoms with Gasteiger partial charge in [-0.15, -0.1) is 22.8 Å². The van der Waals surface area contributed by atoms with E-state index in [2.05, 4.69) is 52.6 Å². The zero-order chi connectivity index (χ0) is 20.0. The van der Waals surface area contributed by atoms with Gasteiger partial charge in [0.05, 0.1) is 11.3 Å². The van der Waals surface area contributed by atoms with Crippen molar-refractivity contribution in [3.8, 4) is 28.6 Å². The molecule has 2 aromatic carbocycles. The van der Waals surface area contributed by atoms with Crippen LogP contribution in [-0.2, 0) is 19.9 Å². The molecule has 0 spiro atoms. The molecular weight excluding hydrogens is 418 g/mol. The van der Waals surface area contributed by atoms with E-state index in [1.54, 1.807) is 10.6 Å². The number of phenols is 2. The van der Waals surface area contributed by atoms with E-state index in [-0.39, 0.29) is 70.6 Å². The average Bonchev–Trinajstić information content (AvgIpc) is 3.21. The Balaban J connectivity index is 0.00000160. The molecule has 2 aromatic heterocycles. The second-order valence-corrected chi connectivity index (χ2v) is 7.23. The molecule has 148 valence electrons. The SMILES string of the molecule is CCc1cc(-c2nnc(S)n2-c2ccc3c(c2)c(CC)cn3C)c(O)cc1O.[NaH].[NaH]. The van der Waals surface area contributed by atoms with E-state index >= 15 is 0 Å². The zero-order valence-electron chi connectivity index (χ0n) is 16.0. The first kappa shape index (κ1) is 25.3. The standard InChI is InChI=1S/C21H22N4O2S.2Na.2H/c1-4-12-8-16(19(27)10-18(12)26)20-22-23-21(28)25(20)14-6-7-17-15(9-14)13(5-2)11-24(17)3;;;;/h6-11,26-27H,4-5H2,1-3H3,(H,23,28);;;;. The number of benzene rings is 2. The Kier molecular flexibility index (Phi) is 8.55. The maximum atomic E-state index is 10.4. The number of hydrogen-bond donors (Lipinski definition) is 3. The van der Waals surface area contributed by atoms with Crippen LogP contribution in [0, 0.1) is 0 Å². The molecule has 0 unspecified atom stereocenters. The molecule has 2 N–H and O–H groups in total. The Labute approximate surface area is 225 Å². The van der Waals surface area contributed by atoms with E-state index in [0.29, 0.717) is 23.0 Å². The summed E-state index contributed by atoms with van der Waals surface area (Å²) in [5, 5.41) is 30.4. The number of hydrogen-bond acceptors (Lipinski definition) is 5. The Morgan fingerprint density at radius 3 is 2.30 bits per heavy atom. The molecule has 0 aliphatic heterocycles. The molecule has 0 radical (unpaired) electrons. The molecule has 0 aliphatic carbocycles. The van der Waals surface area contributed by atoms with Crippen LogP contribution in [0.2, 0.25) is 0 Å². The van der Waals surface area contributed by atoms with E-state index in [0.717, 1.165) is 23.2 Å². The molecular formula is C21H24N4Na2O2S. The average molecular weight is 442 g/mol. The first-order valence-electron chi connectivity index (χ1n) is 9.22.